The maximum absolute atomic E-state index is 11.6. The standard InChI is InChI=1S/C12H13N3O3S/c1-8(6-13)18-11(17)5-9-7-19-12(14-9)15-4-2-3-10(15)16/h7-8H,2-5H2,1H3/t8-/m0/s1. The summed E-state index contributed by atoms with van der Waals surface area (Å²) in [6, 6.07) is 1.82. The first kappa shape index (κ1) is 13.5. The van der Waals surface area contributed by atoms with Gasteiger partial charge in [0.2, 0.25) is 5.91 Å². The van der Waals surface area contributed by atoms with Crippen LogP contribution in [0.25, 0.3) is 0 Å². The number of nitrogens with zero attached hydrogens (tertiary/aromatic N) is 3. The van der Waals surface area contributed by atoms with Gasteiger partial charge in [-0.1, -0.05) is 0 Å². The molecular formula is C12H13N3O3S. The predicted molar refractivity (Wildman–Crippen MR) is 68.6 cm³/mol. The second kappa shape index (κ2) is 5.80. The van der Waals surface area contributed by atoms with E-state index in [1.807, 2.05) is 6.07 Å². The highest BCUT2D eigenvalue weighted by atomic mass is 32.1. The average Bonchev–Trinajstić information content (AvgIpc) is 2.97. The molecular weight excluding hydrogens is 266 g/mol. The third kappa shape index (κ3) is 3.29. The lowest BCUT2D eigenvalue weighted by atomic mass is 10.3. The van der Waals surface area contributed by atoms with Gasteiger partial charge in [0.25, 0.3) is 0 Å². The van der Waals surface area contributed by atoms with Gasteiger partial charge < -0.3 is 4.74 Å². The van der Waals surface area contributed by atoms with Crippen LogP contribution in [0, 0.1) is 11.3 Å². The molecule has 1 amide bonds. The number of aromatic nitrogens is 1. The van der Waals surface area contributed by atoms with Gasteiger partial charge in [-0.3, -0.25) is 14.5 Å². The van der Waals surface area contributed by atoms with Gasteiger partial charge in [-0.05, 0) is 13.3 Å². The molecule has 1 aromatic rings. The van der Waals surface area contributed by atoms with E-state index in [0.29, 0.717) is 23.8 Å². The zero-order valence-corrected chi connectivity index (χ0v) is 11.3. The summed E-state index contributed by atoms with van der Waals surface area (Å²) in [5.41, 5.74) is 0.565. The van der Waals surface area contributed by atoms with Gasteiger partial charge in [0.1, 0.15) is 6.07 Å². The lowest BCUT2D eigenvalue weighted by Gasteiger charge is -2.10. The van der Waals surface area contributed by atoms with Gasteiger partial charge >= 0.3 is 5.97 Å². The summed E-state index contributed by atoms with van der Waals surface area (Å²) in [5.74, 6) is -0.416. The number of amides is 1. The van der Waals surface area contributed by atoms with Crippen LogP contribution in [0.15, 0.2) is 5.38 Å². The molecule has 0 radical (unpaired) electrons. The number of hydrogen-bond acceptors (Lipinski definition) is 6. The van der Waals surface area contributed by atoms with Crippen molar-refractivity contribution in [1.82, 2.24) is 4.98 Å². The molecule has 0 saturated carbocycles. The van der Waals surface area contributed by atoms with E-state index in [9.17, 15) is 9.59 Å². The number of rotatable bonds is 4. The number of esters is 1. The monoisotopic (exact) mass is 279 g/mol. The lowest BCUT2D eigenvalue weighted by molar-refractivity contribution is -0.145. The summed E-state index contributed by atoms with van der Waals surface area (Å²) < 4.78 is 4.84. The van der Waals surface area contributed by atoms with E-state index < -0.39 is 12.1 Å². The second-order valence-electron chi connectivity index (χ2n) is 4.21. The zero-order valence-electron chi connectivity index (χ0n) is 10.5. The molecule has 0 unspecified atom stereocenters. The van der Waals surface area contributed by atoms with Crippen LogP contribution in [-0.2, 0) is 20.7 Å². The summed E-state index contributed by atoms with van der Waals surface area (Å²) in [4.78, 5) is 28.9. The number of carbonyl (C=O) groups excluding carboxylic acids is 2. The highest BCUT2D eigenvalue weighted by Gasteiger charge is 2.24. The fraction of sp³-hybridized carbons (Fsp3) is 0.500. The van der Waals surface area contributed by atoms with E-state index in [-0.39, 0.29) is 12.3 Å². The van der Waals surface area contributed by atoms with E-state index in [2.05, 4.69) is 4.98 Å². The number of thiazole rings is 1. The summed E-state index contributed by atoms with van der Waals surface area (Å²) >= 11 is 1.34. The third-order valence-electron chi connectivity index (χ3n) is 2.66. The lowest BCUT2D eigenvalue weighted by Crippen LogP contribution is -2.23. The molecule has 19 heavy (non-hydrogen) atoms. The fourth-order valence-corrected chi connectivity index (χ4v) is 2.63. The maximum atomic E-state index is 11.6. The Morgan fingerprint density at radius 1 is 1.74 bits per heavy atom. The normalized spacial score (nSPS) is 16.2. The number of nitriles is 1. The molecule has 6 nitrogen and oxygen atoms in total. The van der Waals surface area contributed by atoms with Crippen molar-refractivity contribution in [2.24, 2.45) is 0 Å². The number of ether oxygens (including phenoxy) is 1. The Kier molecular flexibility index (Phi) is 4.12. The smallest absolute Gasteiger partial charge is 0.313 e. The summed E-state index contributed by atoms with van der Waals surface area (Å²) in [6.07, 6.45) is 0.655. The average molecular weight is 279 g/mol. The molecule has 100 valence electrons. The van der Waals surface area contributed by atoms with Crippen LogP contribution in [0.1, 0.15) is 25.5 Å². The van der Waals surface area contributed by atoms with Crippen molar-refractivity contribution in [2.45, 2.75) is 32.3 Å². The highest BCUT2D eigenvalue weighted by Crippen LogP contribution is 2.25. The minimum absolute atomic E-state index is 0.0184. The van der Waals surface area contributed by atoms with Gasteiger partial charge in [-0.25, -0.2) is 4.98 Å². The first-order valence-electron chi connectivity index (χ1n) is 5.94. The molecule has 1 fully saturated rings. The molecule has 0 aromatic carbocycles. The first-order chi connectivity index (χ1) is 9.10. The van der Waals surface area contributed by atoms with Crippen LogP contribution in [0.2, 0.25) is 0 Å². The van der Waals surface area contributed by atoms with E-state index in [0.717, 1.165) is 6.42 Å². The molecule has 0 aliphatic carbocycles. The zero-order chi connectivity index (χ0) is 13.8. The Morgan fingerprint density at radius 3 is 3.16 bits per heavy atom. The molecule has 0 bridgehead atoms. The van der Waals surface area contributed by atoms with Crippen LogP contribution in [-0.4, -0.2) is 29.5 Å². The minimum atomic E-state index is -0.759. The van der Waals surface area contributed by atoms with Crippen molar-refractivity contribution in [3.63, 3.8) is 0 Å². The molecule has 2 rings (SSSR count). The van der Waals surface area contributed by atoms with Gasteiger partial charge in [-0.15, -0.1) is 11.3 Å². The fourth-order valence-electron chi connectivity index (χ4n) is 1.76. The first-order valence-corrected chi connectivity index (χ1v) is 6.82. The van der Waals surface area contributed by atoms with Gasteiger partial charge in [0, 0.05) is 18.3 Å². The van der Waals surface area contributed by atoms with Crippen LogP contribution in [0.3, 0.4) is 0 Å². The Labute approximate surface area is 114 Å². The predicted octanol–water partition coefficient (Wildman–Crippen LogP) is 1.27. The highest BCUT2D eigenvalue weighted by molar-refractivity contribution is 7.14. The quantitative estimate of drug-likeness (QED) is 0.775. The summed E-state index contributed by atoms with van der Waals surface area (Å²) in [5, 5.41) is 10.9. The van der Waals surface area contributed by atoms with Crippen molar-refractivity contribution in [3.05, 3.63) is 11.1 Å². The molecule has 2 heterocycles. The summed E-state index contributed by atoms with van der Waals surface area (Å²) in [7, 11) is 0. The van der Waals surface area contributed by atoms with Gasteiger partial charge in [0.05, 0.1) is 12.1 Å². The van der Waals surface area contributed by atoms with Crippen LogP contribution < -0.4 is 4.90 Å². The van der Waals surface area contributed by atoms with Crippen LogP contribution in [0.4, 0.5) is 5.13 Å². The summed E-state index contributed by atoms with van der Waals surface area (Å²) in [6.45, 7) is 2.19. The van der Waals surface area contributed by atoms with Gasteiger partial charge in [0.15, 0.2) is 11.2 Å². The van der Waals surface area contributed by atoms with Crippen molar-refractivity contribution < 1.29 is 14.3 Å². The van der Waals surface area contributed by atoms with Gasteiger partial charge in [-0.2, -0.15) is 5.26 Å². The molecule has 1 atom stereocenters. The molecule has 1 aliphatic heterocycles. The third-order valence-corrected chi connectivity index (χ3v) is 3.57. The van der Waals surface area contributed by atoms with E-state index in [1.165, 1.54) is 18.3 Å². The number of hydrogen-bond donors (Lipinski definition) is 0. The minimum Gasteiger partial charge on any atom is -0.447 e. The Balaban J connectivity index is 1.96. The molecule has 1 aliphatic rings. The number of anilines is 1. The van der Waals surface area contributed by atoms with E-state index in [1.54, 1.807) is 10.3 Å². The molecule has 0 N–H and O–H groups in total. The molecule has 0 spiro atoms. The maximum Gasteiger partial charge on any atom is 0.313 e. The van der Waals surface area contributed by atoms with Crippen LogP contribution >= 0.6 is 11.3 Å². The molecule has 1 saturated heterocycles. The van der Waals surface area contributed by atoms with Crippen LogP contribution in [0.5, 0.6) is 0 Å². The second-order valence-corrected chi connectivity index (χ2v) is 5.04. The Bertz CT molecular complexity index is 535. The number of carbonyl (C=O) groups is 2. The topological polar surface area (TPSA) is 83.3 Å². The van der Waals surface area contributed by atoms with E-state index >= 15 is 0 Å². The van der Waals surface area contributed by atoms with Crippen molar-refractivity contribution >= 4 is 28.3 Å². The van der Waals surface area contributed by atoms with Crippen molar-refractivity contribution in [2.75, 3.05) is 11.4 Å². The molecule has 7 heteroatoms. The van der Waals surface area contributed by atoms with E-state index in [4.69, 9.17) is 10.00 Å². The SMILES string of the molecule is C[C@@H](C#N)OC(=O)Cc1csc(N2CCCC2=O)n1. The van der Waals surface area contributed by atoms with Crippen molar-refractivity contribution in [3.8, 4) is 6.07 Å². The Hall–Kier alpha value is -1.94. The van der Waals surface area contributed by atoms with Crippen molar-refractivity contribution in [1.29, 1.82) is 5.26 Å². The largest absolute Gasteiger partial charge is 0.447 e. The Morgan fingerprint density at radius 2 is 2.53 bits per heavy atom. The molecule has 1 aromatic heterocycles.